The highest BCUT2D eigenvalue weighted by atomic mass is 14.7. The first-order valence-corrected chi connectivity index (χ1v) is 6.61. The molecule has 0 aliphatic carbocycles. The van der Waals surface area contributed by atoms with Crippen molar-refractivity contribution in [3.05, 3.63) is 42.1 Å². The minimum Gasteiger partial charge on any atom is -0.361 e. The molecule has 0 unspecified atom stereocenters. The zero-order chi connectivity index (χ0) is 12.1. The van der Waals surface area contributed by atoms with Crippen LogP contribution in [0.15, 0.2) is 36.5 Å². The zero-order valence-corrected chi connectivity index (χ0v) is 10.8. The smallest absolute Gasteiger partial charge is 0.0454 e. The van der Waals surface area contributed by atoms with Gasteiger partial charge in [-0.3, -0.25) is 0 Å². The summed E-state index contributed by atoms with van der Waals surface area (Å²) < 4.78 is 0. The molecule has 2 aromatic rings. The number of fused-ring (bicyclic) bond motifs is 1. The summed E-state index contributed by atoms with van der Waals surface area (Å²) in [5, 5.41) is 1.31. The molecule has 90 valence electrons. The maximum Gasteiger partial charge on any atom is 0.0454 e. The van der Waals surface area contributed by atoms with E-state index in [2.05, 4.69) is 49.2 Å². The van der Waals surface area contributed by atoms with Gasteiger partial charge in [0.05, 0.1) is 0 Å². The molecule has 1 nitrogen and oxygen atoms in total. The Bertz CT molecular complexity index is 505. The summed E-state index contributed by atoms with van der Waals surface area (Å²) >= 11 is 0. The van der Waals surface area contributed by atoms with Gasteiger partial charge in [-0.1, -0.05) is 38.8 Å². The average molecular weight is 227 g/mol. The van der Waals surface area contributed by atoms with Crippen LogP contribution in [0, 0.1) is 0 Å². The number of nitrogens with one attached hydrogen (secondary N) is 1. The topological polar surface area (TPSA) is 15.8 Å². The van der Waals surface area contributed by atoms with Crippen molar-refractivity contribution in [3.8, 4) is 0 Å². The molecule has 17 heavy (non-hydrogen) atoms. The normalized spacial score (nSPS) is 12.2. The van der Waals surface area contributed by atoms with Crippen molar-refractivity contribution in [1.29, 1.82) is 0 Å². The van der Waals surface area contributed by atoms with Gasteiger partial charge in [0.15, 0.2) is 0 Å². The molecular weight excluding hydrogens is 206 g/mol. The predicted octanol–water partition coefficient (Wildman–Crippen LogP) is 5.15. The fourth-order valence-electron chi connectivity index (χ4n) is 2.21. The van der Waals surface area contributed by atoms with Crippen LogP contribution in [0.1, 0.15) is 45.1 Å². The minimum atomic E-state index is 1.18. The first-order chi connectivity index (χ1) is 8.35. The Hall–Kier alpha value is -1.50. The number of allylic oxidation sites excluding steroid dienone is 2. The van der Waals surface area contributed by atoms with Crippen LogP contribution >= 0.6 is 0 Å². The van der Waals surface area contributed by atoms with Crippen LogP contribution in [-0.4, -0.2) is 4.98 Å². The lowest BCUT2D eigenvalue weighted by Gasteiger charge is -2.07. The summed E-state index contributed by atoms with van der Waals surface area (Å²) in [6.07, 6.45) is 9.19. The van der Waals surface area contributed by atoms with Gasteiger partial charge in [-0.15, -0.1) is 0 Å². The van der Waals surface area contributed by atoms with Crippen LogP contribution < -0.4 is 0 Å². The third-order valence-corrected chi connectivity index (χ3v) is 3.12. The Kier molecular flexibility index (Phi) is 4.03. The van der Waals surface area contributed by atoms with Gasteiger partial charge in [0.1, 0.15) is 0 Å². The number of unbranched alkanes of at least 4 members (excludes halogenated alkanes) is 1. The summed E-state index contributed by atoms with van der Waals surface area (Å²) in [6, 6.07) is 8.85. The van der Waals surface area contributed by atoms with Gasteiger partial charge < -0.3 is 4.98 Å². The van der Waals surface area contributed by atoms with Crippen molar-refractivity contribution in [2.45, 2.75) is 39.5 Å². The van der Waals surface area contributed by atoms with Crippen LogP contribution in [0.5, 0.6) is 0 Å². The van der Waals surface area contributed by atoms with Gasteiger partial charge in [0, 0.05) is 11.7 Å². The van der Waals surface area contributed by atoms with Crippen LogP contribution in [0.2, 0.25) is 0 Å². The van der Waals surface area contributed by atoms with E-state index in [9.17, 15) is 0 Å². The standard InChI is InChI=1S/C16H21N/c1-3-5-7-13(6-4-2)14-8-9-16-15(12-14)10-11-17-16/h7-12,17H,3-6H2,1-2H3/b13-7-. The molecule has 1 aromatic heterocycles. The van der Waals surface area contributed by atoms with Gasteiger partial charge in [-0.05, 0) is 47.6 Å². The molecule has 0 bridgehead atoms. The van der Waals surface area contributed by atoms with E-state index < -0.39 is 0 Å². The second-order valence-corrected chi connectivity index (χ2v) is 4.55. The molecule has 1 aromatic carbocycles. The summed E-state index contributed by atoms with van der Waals surface area (Å²) in [7, 11) is 0. The van der Waals surface area contributed by atoms with E-state index in [1.807, 2.05) is 6.20 Å². The molecule has 0 saturated carbocycles. The Morgan fingerprint density at radius 1 is 1.18 bits per heavy atom. The lowest BCUT2D eigenvalue weighted by atomic mass is 9.99. The molecule has 0 amide bonds. The molecule has 1 N–H and O–H groups in total. The highest BCUT2D eigenvalue weighted by Crippen LogP contribution is 2.24. The van der Waals surface area contributed by atoms with Crippen molar-refractivity contribution < 1.29 is 0 Å². The van der Waals surface area contributed by atoms with E-state index in [0.717, 1.165) is 0 Å². The van der Waals surface area contributed by atoms with Crippen LogP contribution in [0.25, 0.3) is 16.5 Å². The van der Waals surface area contributed by atoms with Crippen molar-refractivity contribution in [2.24, 2.45) is 0 Å². The third-order valence-electron chi connectivity index (χ3n) is 3.12. The number of benzene rings is 1. The molecule has 2 rings (SSSR count). The fraction of sp³-hybridized carbons (Fsp3) is 0.375. The number of hydrogen-bond donors (Lipinski definition) is 1. The molecule has 1 heteroatoms. The zero-order valence-electron chi connectivity index (χ0n) is 10.8. The lowest BCUT2D eigenvalue weighted by molar-refractivity contribution is 0.933. The molecule has 0 aliphatic heterocycles. The molecular formula is C16H21N. The van der Waals surface area contributed by atoms with Crippen LogP contribution in [-0.2, 0) is 0 Å². The van der Waals surface area contributed by atoms with E-state index in [-0.39, 0.29) is 0 Å². The summed E-state index contributed by atoms with van der Waals surface area (Å²) in [4.78, 5) is 3.24. The number of aromatic nitrogens is 1. The minimum absolute atomic E-state index is 1.18. The quantitative estimate of drug-likeness (QED) is 0.727. The number of aromatic amines is 1. The van der Waals surface area contributed by atoms with E-state index in [1.165, 1.54) is 47.7 Å². The van der Waals surface area contributed by atoms with Gasteiger partial charge in [-0.2, -0.15) is 0 Å². The molecule has 0 spiro atoms. The first-order valence-electron chi connectivity index (χ1n) is 6.61. The van der Waals surface area contributed by atoms with E-state index in [0.29, 0.717) is 0 Å². The van der Waals surface area contributed by atoms with Gasteiger partial charge in [0.2, 0.25) is 0 Å². The van der Waals surface area contributed by atoms with Gasteiger partial charge >= 0.3 is 0 Å². The lowest BCUT2D eigenvalue weighted by Crippen LogP contribution is -1.85. The highest BCUT2D eigenvalue weighted by molar-refractivity contribution is 5.83. The highest BCUT2D eigenvalue weighted by Gasteiger charge is 2.02. The number of hydrogen-bond acceptors (Lipinski definition) is 0. The van der Waals surface area contributed by atoms with Crippen LogP contribution in [0.3, 0.4) is 0 Å². The summed E-state index contributed by atoms with van der Waals surface area (Å²) in [6.45, 7) is 4.48. The largest absolute Gasteiger partial charge is 0.361 e. The second kappa shape index (κ2) is 5.72. The summed E-state index contributed by atoms with van der Waals surface area (Å²) in [5.41, 5.74) is 4.10. The van der Waals surface area contributed by atoms with E-state index in [1.54, 1.807) is 0 Å². The fourth-order valence-corrected chi connectivity index (χ4v) is 2.21. The van der Waals surface area contributed by atoms with Gasteiger partial charge in [0.25, 0.3) is 0 Å². The van der Waals surface area contributed by atoms with Crippen molar-refractivity contribution in [1.82, 2.24) is 4.98 Å². The maximum atomic E-state index is 3.24. The average Bonchev–Trinajstić information content (AvgIpc) is 2.81. The number of rotatable bonds is 5. The predicted molar refractivity (Wildman–Crippen MR) is 76.1 cm³/mol. The number of H-pyrrole nitrogens is 1. The van der Waals surface area contributed by atoms with Gasteiger partial charge in [-0.25, -0.2) is 0 Å². The summed E-state index contributed by atoms with van der Waals surface area (Å²) in [5.74, 6) is 0. The molecule has 0 radical (unpaired) electrons. The molecule has 0 atom stereocenters. The first kappa shape index (κ1) is 12.0. The third kappa shape index (κ3) is 2.79. The van der Waals surface area contributed by atoms with Crippen LogP contribution in [0.4, 0.5) is 0 Å². The molecule has 1 heterocycles. The second-order valence-electron chi connectivity index (χ2n) is 4.55. The maximum absolute atomic E-state index is 3.24. The van der Waals surface area contributed by atoms with Crippen molar-refractivity contribution in [2.75, 3.05) is 0 Å². The molecule has 0 saturated heterocycles. The monoisotopic (exact) mass is 227 g/mol. The Morgan fingerprint density at radius 3 is 2.82 bits per heavy atom. The Labute approximate surface area is 104 Å². The van der Waals surface area contributed by atoms with Crippen molar-refractivity contribution in [3.63, 3.8) is 0 Å². The van der Waals surface area contributed by atoms with E-state index in [4.69, 9.17) is 0 Å². The Balaban J connectivity index is 2.33. The molecule has 0 aliphatic rings. The van der Waals surface area contributed by atoms with Crippen molar-refractivity contribution >= 4 is 16.5 Å². The Morgan fingerprint density at radius 2 is 2.06 bits per heavy atom. The van der Waals surface area contributed by atoms with E-state index >= 15 is 0 Å². The SMILES string of the molecule is CCC/C=C(/CCC)c1ccc2[nH]ccc2c1. The molecule has 0 fully saturated rings.